The van der Waals surface area contributed by atoms with E-state index in [0.29, 0.717) is 12.1 Å². The number of rotatable bonds is 8. The molecule has 27 heavy (non-hydrogen) atoms. The lowest BCUT2D eigenvalue weighted by molar-refractivity contribution is 0.0936. The topological polar surface area (TPSA) is 93.1 Å². The van der Waals surface area contributed by atoms with Crippen LogP contribution in [0.15, 0.2) is 65.4 Å². The van der Waals surface area contributed by atoms with E-state index in [1.54, 1.807) is 24.7 Å². The molecule has 9 heteroatoms. The minimum absolute atomic E-state index is 0.0639. The molecule has 142 valence electrons. The van der Waals surface area contributed by atoms with Gasteiger partial charge in [-0.2, -0.15) is 0 Å². The zero-order valence-electron chi connectivity index (χ0n) is 14.7. The highest BCUT2D eigenvalue weighted by Gasteiger charge is 2.17. The van der Waals surface area contributed by atoms with Gasteiger partial charge in [0.1, 0.15) is 0 Å². The summed E-state index contributed by atoms with van der Waals surface area (Å²) in [4.78, 5) is 17.4. The molecule has 0 saturated carbocycles. The normalized spacial score (nSPS) is 12.6. The molecule has 1 aromatic carbocycles. The summed E-state index contributed by atoms with van der Waals surface area (Å²) in [7, 11) is -3.70. The summed E-state index contributed by atoms with van der Waals surface area (Å²) in [5.41, 5.74) is 0.298. The Bertz CT molecular complexity index is 984. The highest BCUT2D eigenvalue weighted by molar-refractivity contribution is 7.89. The van der Waals surface area contributed by atoms with E-state index in [-0.39, 0.29) is 23.4 Å². The molecule has 0 saturated heterocycles. The van der Waals surface area contributed by atoms with Crippen LogP contribution in [0, 0.1) is 0 Å². The third-order valence-electron chi connectivity index (χ3n) is 3.84. The van der Waals surface area contributed by atoms with Crippen molar-refractivity contribution in [2.24, 2.45) is 0 Å². The first-order valence-corrected chi connectivity index (χ1v) is 10.7. The summed E-state index contributed by atoms with van der Waals surface area (Å²) in [5, 5.41) is 4.75. The first-order chi connectivity index (χ1) is 12.9. The van der Waals surface area contributed by atoms with Gasteiger partial charge in [-0.3, -0.25) is 4.79 Å². The average Bonchev–Trinajstić information content (AvgIpc) is 3.34. The van der Waals surface area contributed by atoms with Crippen LogP contribution in [0.4, 0.5) is 0 Å². The predicted octanol–water partition coefficient (Wildman–Crippen LogP) is 2.24. The standard InChI is InChI=1S/C18H20N4O3S2/c1-14(12-22-8-7-19-13-22)21-18(23)15-4-2-6-17(10-15)27(24,25)20-11-16-5-3-9-26-16/h2-10,13-14,20H,11-12H2,1H3,(H,21,23)/t14-/m1/s1. The third-order valence-corrected chi connectivity index (χ3v) is 6.12. The molecule has 0 aliphatic heterocycles. The minimum atomic E-state index is -3.70. The van der Waals surface area contributed by atoms with Crippen LogP contribution < -0.4 is 10.0 Å². The van der Waals surface area contributed by atoms with Crippen LogP contribution in [0.1, 0.15) is 22.2 Å². The Balaban J connectivity index is 1.65. The molecule has 2 heterocycles. The van der Waals surface area contributed by atoms with Crippen molar-refractivity contribution in [1.29, 1.82) is 0 Å². The zero-order chi connectivity index (χ0) is 19.3. The van der Waals surface area contributed by atoms with E-state index >= 15 is 0 Å². The number of carbonyl (C=O) groups excluding carboxylic acids is 1. The minimum Gasteiger partial charge on any atom is -0.348 e. The Hall–Kier alpha value is -2.49. The number of imidazole rings is 1. The van der Waals surface area contributed by atoms with Gasteiger partial charge in [-0.1, -0.05) is 12.1 Å². The van der Waals surface area contributed by atoms with Gasteiger partial charge in [0.15, 0.2) is 0 Å². The molecule has 0 aliphatic carbocycles. The quantitative estimate of drug-likeness (QED) is 0.602. The van der Waals surface area contributed by atoms with E-state index in [2.05, 4.69) is 15.0 Å². The number of benzene rings is 1. The Kier molecular flexibility index (Phi) is 6.04. The van der Waals surface area contributed by atoms with E-state index in [9.17, 15) is 13.2 Å². The SMILES string of the molecule is C[C@H](Cn1ccnc1)NC(=O)c1cccc(S(=O)(=O)NCc2cccs2)c1. The molecule has 2 N–H and O–H groups in total. The van der Waals surface area contributed by atoms with Crippen LogP contribution in [0.5, 0.6) is 0 Å². The highest BCUT2D eigenvalue weighted by atomic mass is 32.2. The second kappa shape index (κ2) is 8.47. The fourth-order valence-corrected chi connectivity index (χ4v) is 4.32. The Morgan fingerprint density at radius 2 is 2.15 bits per heavy atom. The summed E-state index contributed by atoms with van der Waals surface area (Å²) in [6.07, 6.45) is 5.16. The fraction of sp³-hybridized carbons (Fsp3) is 0.222. The van der Waals surface area contributed by atoms with E-state index in [1.165, 1.54) is 23.5 Å². The lowest BCUT2D eigenvalue weighted by Crippen LogP contribution is -2.35. The van der Waals surface area contributed by atoms with Gasteiger partial charge in [-0.15, -0.1) is 11.3 Å². The van der Waals surface area contributed by atoms with E-state index < -0.39 is 10.0 Å². The zero-order valence-corrected chi connectivity index (χ0v) is 16.3. The second-order valence-electron chi connectivity index (χ2n) is 6.07. The summed E-state index contributed by atoms with van der Waals surface area (Å²) < 4.78 is 29.4. The number of hydrogen-bond acceptors (Lipinski definition) is 5. The molecule has 1 atom stereocenters. The van der Waals surface area contributed by atoms with Crippen LogP contribution in [-0.2, 0) is 23.1 Å². The molecule has 0 unspecified atom stereocenters. The molecule has 2 aromatic heterocycles. The predicted molar refractivity (Wildman–Crippen MR) is 104 cm³/mol. The van der Waals surface area contributed by atoms with Crippen molar-refractivity contribution >= 4 is 27.3 Å². The van der Waals surface area contributed by atoms with Gasteiger partial charge in [-0.25, -0.2) is 18.1 Å². The maximum atomic E-state index is 12.5. The van der Waals surface area contributed by atoms with E-state index in [1.807, 2.05) is 35.2 Å². The first kappa shape index (κ1) is 19.3. The molecule has 0 bridgehead atoms. The molecule has 0 spiro atoms. The molecular formula is C18H20N4O3S2. The maximum absolute atomic E-state index is 12.5. The number of nitrogens with zero attached hydrogens (tertiary/aromatic N) is 2. The summed E-state index contributed by atoms with van der Waals surface area (Å²) in [6, 6.07) is 9.61. The largest absolute Gasteiger partial charge is 0.348 e. The van der Waals surface area contributed by atoms with Gasteiger partial charge < -0.3 is 9.88 Å². The van der Waals surface area contributed by atoms with Gasteiger partial charge >= 0.3 is 0 Å². The smallest absolute Gasteiger partial charge is 0.251 e. The molecule has 7 nitrogen and oxygen atoms in total. The van der Waals surface area contributed by atoms with Gasteiger partial charge in [0, 0.05) is 42.0 Å². The van der Waals surface area contributed by atoms with Crippen molar-refractivity contribution < 1.29 is 13.2 Å². The maximum Gasteiger partial charge on any atom is 0.251 e. The molecular weight excluding hydrogens is 384 g/mol. The Labute approximate surface area is 162 Å². The number of aromatic nitrogens is 2. The number of sulfonamides is 1. The Morgan fingerprint density at radius 1 is 1.30 bits per heavy atom. The van der Waals surface area contributed by atoms with Crippen LogP contribution >= 0.6 is 11.3 Å². The number of nitrogens with one attached hydrogen (secondary N) is 2. The summed E-state index contributed by atoms with van der Waals surface area (Å²) >= 11 is 1.48. The molecule has 0 radical (unpaired) electrons. The third kappa shape index (κ3) is 5.25. The number of carbonyl (C=O) groups is 1. The molecule has 3 aromatic rings. The van der Waals surface area contributed by atoms with Crippen molar-refractivity contribution in [3.05, 3.63) is 70.9 Å². The van der Waals surface area contributed by atoms with Crippen molar-refractivity contribution in [3.8, 4) is 0 Å². The lowest BCUT2D eigenvalue weighted by Gasteiger charge is -2.15. The van der Waals surface area contributed by atoms with E-state index in [4.69, 9.17) is 0 Å². The van der Waals surface area contributed by atoms with E-state index in [0.717, 1.165) is 4.88 Å². The van der Waals surface area contributed by atoms with Gasteiger partial charge in [0.2, 0.25) is 10.0 Å². The fourth-order valence-electron chi connectivity index (χ4n) is 2.53. The number of thiophene rings is 1. The summed E-state index contributed by atoms with van der Waals surface area (Å²) in [5.74, 6) is -0.321. The highest BCUT2D eigenvalue weighted by Crippen LogP contribution is 2.14. The van der Waals surface area contributed by atoms with Crippen molar-refractivity contribution in [1.82, 2.24) is 19.6 Å². The number of hydrogen-bond donors (Lipinski definition) is 2. The van der Waals surface area contributed by atoms with Crippen molar-refractivity contribution in [2.75, 3.05) is 0 Å². The van der Waals surface area contributed by atoms with Crippen LogP contribution in [0.25, 0.3) is 0 Å². The second-order valence-corrected chi connectivity index (χ2v) is 8.86. The van der Waals surface area contributed by atoms with Gasteiger partial charge in [0.25, 0.3) is 5.91 Å². The van der Waals surface area contributed by atoms with Crippen LogP contribution in [-0.4, -0.2) is 29.9 Å². The molecule has 0 aliphatic rings. The lowest BCUT2D eigenvalue weighted by atomic mass is 10.2. The van der Waals surface area contributed by atoms with Crippen molar-refractivity contribution in [3.63, 3.8) is 0 Å². The molecule has 1 amide bonds. The first-order valence-electron chi connectivity index (χ1n) is 8.33. The molecule has 3 rings (SSSR count). The Morgan fingerprint density at radius 3 is 2.85 bits per heavy atom. The van der Waals surface area contributed by atoms with Gasteiger partial charge in [0.05, 0.1) is 11.2 Å². The number of amides is 1. The van der Waals surface area contributed by atoms with Crippen LogP contribution in [0.3, 0.4) is 0 Å². The van der Waals surface area contributed by atoms with Crippen LogP contribution in [0.2, 0.25) is 0 Å². The molecule has 0 fully saturated rings. The monoisotopic (exact) mass is 404 g/mol. The van der Waals surface area contributed by atoms with Gasteiger partial charge in [-0.05, 0) is 36.6 Å². The summed E-state index contributed by atoms with van der Waals surface area (Å²) in [6.45, 7) is 2.67. The van der Waals surface area contributed by atoms with Crippen molar-refractivity contribution in [2.45, 2.75) is 31.0 Å². The average molecular weight is 405 g/mol.